The number of halogens is 1. The number of aromatic nitrogens is 2. The summed E-state index contributed by atoms with van der Waals surface area (Å²) >= 11 is 5.99. The fourth-order valence-electron chi connectivity index (χ4n) is 2.68. The predicted octanol–water partition coefficient (Wildman–Crippen LogP) is 3.41. The molecule has 104 valence electrons. The first-order valence-corrected chi connectivity index (χ1v) is 7.11. The van der Waals surface area contributed by atoms with Crippen molar-refractivity contribution in [2.75, 3.05) is 17.2 Å². The Morgan fingerprint density at radius 1 is 1.25 bits per heavy atom. The van der Waals surface area contributed by atoms with Crippen molar-refractivity contribution in [3.63, 3.8) is 0 Å². The van der Waals surface area contributed by atoms with Gasteiger partial charge in [0.25, 0.3) is 0 Å². The summed E-state index contributed by atoms with van der Waals surface area (Å²) in [5.41, 5.74) is 11.2. The lowest BCUT2D eigenvalue weighted by Gasteiger charge is -2.31. The zero-order chi connectivity index (χ0) is 14.3. The largest absolute Gasteiger partial charge is 0.394 e. The third-order valence-corrected chi connectivity index (χ3v) is 3.87. The maximum atomic E-state index is 6.14. The summed E-state index contributed by atoms with van der Waals surface area (Å²) in [6.45, 7) is 4.86. The lowest BCUT2D eigenvalue weighted by Crippen LogP contribution is -2.26. The zero-order valence-corrected chi connectivity index (χ0v) is 12.4. The van der Waals surface area contributed by atoms with E-state index in [0.717, 1.165) is 25.1 Å². The highest BCUT2D eigenvalue weighted by molar-refractivity contribution is 6.28. The molecular weight excluding hydrogens is 272 g/mol. The highest BCUT2D eigenvalue weighted by Gasteiger charge is 2.22. The highest BCUT2D eigenvalue weighted by atomic mass is 35.5. The first-order valence-electron chi connectivity index (χ1n) is 6.73. The molecule has 0 amide bonds. The number of benzene rings is 1. The van der Waals surface area contributed by atoms with Gasteiger partial charge in [-0.05, 0) is 49.9 Å². The summed E-state index contributed by atoms with van der Waals surface area (Å²) in [5, 5.41) is 0.242. The van der Waals surface area contributed by atoms with Crippen LogP contribution in [0.2, 0.25) is 5.28 Å². The van der Waals surface area contributed by atoms with Crippen LogP contribution >= 0.6 is 11.6 Å². The van der Waals surface area contributed by atoms with Gasteiger partial charge in [-0.3, -0.25) is 0 Å². The van der Waals surface area contributed by atoms with Gasteiger partial charge in [0.15, 0.2) is 5.82 Å². The van der Waals surface area contributed by atoms with Crippen molar-refractivity contribution in [3.05, 3.63) is 40.3 Å². The minimum absolute atomic E-state index is 0.242. The fourth-order valence-corrected chi connectivity index (χ4v) is 2.89. The Balaban J connectivity index is 2.14. The van der Waals surface area contributed by atoms with E-state index in [1.165, 1.54) is 16.8 Å². The minimum Gasteiger partial charge on any atom is -0.394 e. The summed E-state index contributed by atoms with van der Waals surface area (Å²) in [6, 6.07) is 6.48. The van der Waals surface area contributed by atoms with Gasteiger partial charge in [0.2, 0.25) is 5.28 Å². The second-order valence-electron chi connectivity index (χ2n) is 5.20. The van der Waals surface area contributed by atoms with Crippen molar-refractivity contribution < 1.29 is 0 Å². The molecule has 0 aliphatic carbocycles. The molecule has 1 aliphatic heterocycles. The van der Waals surface area contributed by atoms with Crippen LogP contribution in [0.25, 0.3) is 0 Å². The van der Waals surface area contributed by atoms with Crippen LogP contribution in [0.15, 0.2) is 18.2 Å². The number of nitrogens with two attached hydrogens (primary N) is 1. The SMILES string of the molecule is Cc1ccc2c(c1)CCCN2c1nc(Cl)nc(C)c1N. The van der Waals surface area contributed by atoms with Crippen LogP contribution < -0.4 is 10.6 Å². The molecular formula is C15H17ClN4. The molecule has 0 bridgehead atoms. The molecule has 0 spiro atoms. The maximum absolute atomic E-state index is 6.14. The smallest absolute Gasteiger partial charge is 0.224 e. The van der Waals surface area contributed by atoms with E-state index in [1.54, 1.807) is 0 Å². The van der Waals surface area contributed by atoms with Crippen molar-refractivity contribution in [3.8, 4) is 0 Å². The van der Waals surface area contributed by atoms with Gasteiger partial charge in [-0.2, -0.15) is 4.98 Å². The van der Waals surface area contributed by atoms with E-state index in [4.69, 9.17) is 17.3 Å². The van der Waals surface area contributed by atoms with Gasteiger partial charge in [-0.15, -0.1) is 0 Å². The topological polar surface area (TPSA) is 55.0 Å². The van der Waals surface area contributed by atoms with Crippen LogP contribution in [0.5, 0.6) is 0 Å². The molecule has 2 aromatic rings. The number of rotatable bonds is 1. The van der Waals surface area contributed by atoms with Crippen molar-refractivity contribution in [1.82, 2.24) is 9.97 Å². The van der Waals surface area contributed by atoms with Gasteiger partial charge in [-0.25, -0.2) is 4.98 Å². The molecule has 0 radical (unpaired) electrons. The number of hydrogen-bond donors (Lipinski definition) is 1. The average molecular weight is 289 g/mol. The van der Waals surface area contributed by atoms with Gasteiger partial charge in [-0.1, -0.05) is 17.7 Å². The minimum atomic E-state index is 0.242. The Morgan fingerprint density at radius 2 is 2.05 bits per heavy atom. The lowest BCUT2D eigenvalue weighted by atomic mass is 9.99. The van der Waals surface area contributed by atoms with Crippen molar-refractivity contribution in [2.24, 2.45) is 0 Å². The molecule has 0 unspecified atom stereocenters. The summed E-state index contributed by atoms with van der Waals surface area (Å²) < 4.78 is 0. The Morgan fingerprint density at radius 3 is 2.85 bits per heavy atom. The first kappa shape index (κ1) is 13.2. The molecule has 0 saturated heterocycles. The van der Waals surface area contributed by atoms with E-state index >= 15 is 0 Å². The molecule has 0 saturated carbocycles. The van der Waals surface area contributed by atoms with Crippen LogP contribution in [0.3, 0.4) is 0 Å². The molecule has 20 heavy (non-hydrogen) atoms. The predicted molar refractivity (Wildman–Crippen MR) is 82.7 cm³/mol. The van der Waals surface area contributed by atoms with E-state index in [2.05, 4.69) is 40.0 Å². The number of nitrogen functional groups attached to an aromatic ring is 1. The number of anilines is 3. The Labute approximate surface area is 123 Å². The third-order valence-electron chi connectivity index (χ3n) is 3.70. The van der Waals surface area contributed by atoms with Crippen LogP contribution in [0.1, 0.15) is 23.2 Å². The van der Waals surface area contributed by atoms with Gasteiger partial charge < -0.3 is 10.6 Å². The van der Waals surface area contributed by atoms with E-state index < -0.39 is 0 Å². The number of aryl methyl sites for hydroxylation is 3. The first-order chi connectivity index (χ1) is 9.56. The van der Waals surface area contributed by atoms with E-state index in [9.17, 15) is 0 Å². The van der Waals surface area contributed by atoms with Gasteiger partial charge >= 0.3 is 0 Å². The number of nitrogens with zero attached hydrogens (tertiary/aromatic N) is 3. The molecule has 5 heteroatoms. The molecule has 0 atom stereocenters. The third kappa shape index (κ3) is 2.20. The molecule has 2 heterocycles. The maximum Gasteiger partial charge on any atom is 0.224 e. The van der Waals surface area contributed by atoms with E-state index in [1.807, 2.05) is 6.92 Å². The van der Waals surface area contributed by atoms with Crippen LogP contribution in [0, 0.1) is 13.8 Å². The summed E-state index contributed by atoms with van der Waals surface area (Å²) in [6.07, 6.45) is 2.17. The second kappa shape index (κ2) is 4.94. The monoisotopic (exact) mass is 288 g/mol. The second-order valence-corrected chi connectivity index (χ2v) is 5.54. The summed E-state index contributed by atoms with van der Waals surface area (Å²) in [5.74, 6) is 0.715. The molecule has 1 aromatic heterocycles. The van der Waals surface area contributed by atoms with Gasteiger partial charge in [0, 0.05) is 12.2 Å². The van der Waals surface area contributed by atoms with Crippen molar-refractivity contribution in [2.45, 2.75) is 26.7 Å². The average Bonchev–Trinajstić information content (AvgIpc) is 2.42. The standard InChI is InChI=1S/C15H17ClN4/c1-9-5-6-12-11(8-9)4-3-7-20(12)14-13(17)10(2)18-15(16)19-14/h5-6,8H,3-4,7,17H2,1-2H3. The lowest BCUT2D eigenvalue weighted by molar-refractivity contribution is 0.758. The van der Waals surface area contributed by atoms with Gasteiger partial charge in [0.1, 0.15) is 0 Å². The molecule has 1 aromatic carbocycles. The van der Waals surface area contributed by atoms with E-state index in [-0.39, 0.29) is 5.28 Å². The Kier molecular flexibility index (Phi) is 3.26. The fraction of sp³-hybridized carbons (Fsp3) is 0.333. The Hall–Kier alpha value is -1.81. The molecule has 4 nitrogen and oxygen atoms in total. The Bertz CT molecular complexity index is 669. The van der Waals surface area contributed by atoms with Crippen molar-refractivity contribution >= 4 is 28.8 Å². The van der Waals surface area contributed by atoms with Crippen molar-refractivity contribution in [1.29, 1.82) is 0 Å². The van der Waals surface area contributed by atoms with Gasteiger partial charge in [0.05, 0.1) is 11.4 Å². The summed E-state index contributed by atoms with van der Waals surface area (Å²) in [7, 11) is 0. The number of fused-ring (bicyclic) bond motifs is 1. The molecule has 1 aliphatic rings. The molecule has 0 fully saturated rings. The number of hydrogen-bond acceptors (Lipinski definition) is 4. The van der Waals surface area contributed by atoms with Crippen LogP contribution in [-0.2, 0) is 6.42 Å². The molecule has 2 N–H and O–H groups in total. The highest BCUT2D eigenvalue weighted by Crippen LogP contribution is 2.36. The summed E-state index contributed by atoms with van der Waals surface area (Å²) in [4.78, 5) is 10.6. The quantitative estimate of drug-likeness (QED) is 0.817. The van der Waals surface area contributed by atoms with E-state index in [0.29, 0.717) is 11.5 Å². The van der Waals surface area contributed by atoms with Crippen LogP contribution in [-0.4, -0.2) is 16.5 Å². The normalized spacial score (nSPS) is 14.2. The molecule has 3 rings (SSSR count). The zero-order valence-electron chi connectivity index (χ0n) is 11.7. The van der Waals surface area contributed by atoms with Crippen LogP contribution in [0.4, 0.5) is 17.2 Å².